The van der Waals surface area contributed by atoms with Crippen LogP contribution >= 0.6 is 0 Å². The Morgan fingerprint density at radius 2 is 1.89 bits per heavy atom. The molecule has 0 amide bonds. The average molecular weight is 238 g/mol. The number of carbonyl (C=O) groups is 2. The van der Waals surface area contributed by atoms with Gasteiger partial charge in [-0.25, -0.2) is 4.98 Å². The summed E-state index contributed by atoms with van der Waals surface area (Å²) in [5.41, 5.74) is 1.68. The van der Waals surface area contributed by atoms with Crippen LogP contribution in [0.4, 0.5) is 0 Å². The lowest BCUT2D eigenvalue weighted by Gasteiger charge is -2.04. The van der Waals surface area contributed by atoms with Gasteiger partial charge in [-0.05, 0) is 31.2 Å². The predicted octanol–water partition coefficient (Wildman–Crippen LogP) is 2.51. The Morgan fingerprint density at radius 1 is 1.17 bits per heavy atom. The zero-order valence-corrected chi connectivity index (χ0v) is 10.0. The summed E-state index contributed by atoms with van der Waals surface area (Å²) < 4.78 is 0. The zero-order chi connectivity index (χ0) is 13.3. The summed E-state index contributed by atoms with van der Waals surface area (Å²) in [5.74, 6) is -0.263. The van der Waals surface area contributed by atoms with Crippen LogP contribution in [0.5, 0.6) is 0 Å². The van der Waals surface area contributed by atoms with E-state index in [0.717, 1.165) is 0 Å². The number of pyridine rings is 1. The minimum atomic E-state index is -0.191. The lowest BCUT2D eigenvalue weighted by atomic mass is 10.0. The molecule has 0 saturated heterocycles. The summed E-state index contributed by atoms with van der Waals surface area (Å²) in [6.07, 6.45) is 0. The van der Waals surface area contributed by atoms with Crippen LogP contribution in [0, 0.1) is 11.3 Å². The van der Waals surface area contributed by atoms with Crippen molar-refractivity contribution in [3.63, 3.8) is 0 Å². The summed E-state index contributed by atoms with van der Waals surface area (Å²) >= 11 is 0. The van der Waals surface area contributed by atoms with Gasteiger partial charge in [-0.3, -0.25) is 9.59 Å². The van der Waals surface area contributed by atoms with Crippen LogP contribution in [0.25, 0.3) is 10.9 Å². The Labute approximate surface area is 104 Å². The third kappa shape index (κ3) is 1.98. The summed E-state index contributed by atoms with van der Waals surface area (Å²) in [6.45, 7) is 2.86. The highest BCUT2D eigenvalue weighted by atomic mass is 16.1. The first-order valence-corrected chi connectivity index (χ1v) is 5.39. The van der Waals surface area contributed by atoms with E-state index in [2.05, 4.69) is 4.98 Å². The maximum Gasteiger partial charge on any atom is 0.178 e. The topological polar surface area (TPSA) is 70.8 Å². The van der Waals surface area contributed by atoms with Gasteiger partial charge in [-0.15, -0.1) is 0 Å². The molecule has 4 nitrogen and oxygen atoms in total. The number of hydrogen-bond acceptors (Lipinski definition) is 4. The molecule has 0 bridgehead atoms. The van der Waals surface area contributed by atoms with Crippen molar-refractivity contribution < 1.29 is 9.59 Å². The van der Waals surface area contributed by atoms with E-state index in [1.807, 2.05) is 6.07 Å². The van der Waals surface area contributed by atoms with Gasteiger partial charge in [-0.2, -0.15) is 5.26 Å². The number of carbonyl (C=O) groups excluding carboxylic acids is 2. The molecule has 0 radical (unpaired) electrons. The van der Waals surface area contributed by atoms with Crippen LogP contribution in [0.15, 0.2) is 24.3 Å². The third-order valence-electron chi connectivity index (χ3n) is 2.70. The second-order valence-electron chi connectivity index (χ2n) is 4.01. The highest BCUT2D eigenvalue weighted by molar-refractivity contribution is 6.01. The molecule has 0 saturated carbocycles. The Bertz CT molecular complexity index is 712. The fraction of sp³-hybridized carbons (Fsp3) is 0.143. The van der Waals surface area contributed by atoms with Gasteiger partial charge < -0.3 is 0 Å². The molecular weight excluding hydrogens is 228 g/mol. The van der Waals surface area contributed by atoms with Crippen molar-refractivity contribution in [2.45, 2.75) is 13.8 Å². The van der Waals surface area contributed by atoms with Gasteiger partial charge in [0.1, 0.15) is 5.69 Å². The number of Topliss-reactive ketones (excluding diaryl/α,β-unsaturated/α-hetero) is 2. The summed E-state index contributed by atoms with van der Waals surface area (Å²) in [6, 6.07) is 8.41. The van der Waals surface area contributed by atoms with E-state index in [0.29, 0.717) is 22.0 Å². The summed E-state index contributed by atoms with van der Waals surface area (Å²) in [4.78, 5) is 26.8. The average Bonchev–Trinajstić information content (AvgIpc) is 2.36. The number of hydrogen-bond donors (Lipinski definition) is 0. The largest absolute Gasteiger partial charge is 0.295 e. The molecule has 1 aromatic carbocycles. The molecule has 0 aliphatic rings. The van der Waals surface area contributed by atoms with Gasteiger partial charge in [0, 0.05) is 17.9 Å². The van der Waals surface area contributed by atoms with Gasteiger partial charge in [-0.1, -0.05) is 0 Å². The van der Waals surface area contributed by atoms with E-state index in [1.165, 1.54) is 19.9 Å². The first-order valence-electron chi connectivity index (χ1n) is 5.39. The van der Waals surface area contributed by atoms with E-state index in [9.17, 15) is 9.59 Å². The van der Waals surface area contributed by atoms with Crippen LogP contribution in [0.3, 0.4) is 0 Å². The molecule has 0 atom stereocenters. The van der Waals surface area contributed by atoms with E-state index in [4.69, 9.17) is 5.26 Å². The second-order valence-corrected chi connectivity index (χ2v) is 4.01. The number of ketones is 2. The normalized spacial score (nSPS) is 10.1. The molecule has 2 rings (SSSR count). The van der Waals surface area contributed by atoms with Crippen LogP contribution in [0.2, 0.25) is 0 Å². The smallest absolute Gasteiger partial charge is 0.178 e. The minimum Gasteiger partial charge on any atom is -0.295 e. The molecule has 88 valence electrons. The Balaban J connectivity index is 2.80. The molecule has 0 aliphatic heterocycles. The highest BCUT2D eigenvalue weighted by Gasteiger charge is 2.10. The predicted molar refractivity (Wildman–Crippen MR) is 66.5 cm³/mol. The number of benzene rings is 1. The molecule has 18 heavy (non-hydrogen) atoms. The van der Waals surface area contributed by atoms with E-state index in [-0.39, 0.29) is 17.3 Å². The van der Waals surface area contributed by atoms with Gasteiger partial charge >= 0.3 is 0 Å². The third-order valence-corrected chi connectivity index (χ3v) is 2.70. The number of aromatic nitrogens is 1. The SMILES string of the molecule is CC(=O)c1ccc2nc(C(C)=O)cc(C#N)c2c1. The molecule has 2 aromatic rings. The highest BCUT2D eigenvalue weighted by Crippen LogP contribution is 2.20. The quantitative estimate of drug-likeness (QED) is 0.753. The maximum absolute atomic E-state index is 11.3. The standard InChI is InChI=1S/C14H10N2O2/c1-8(17)10-3-4-13-12(5-10)11(7-15)6-14(16-13)9(2)18/h3-6H,1-2H3. The van der Waals surface area contributed by atoms with Gasteiger partial charge in [0.25, 0.3) is 0 Å². The Kier molecular flexibility index (Phi) is 2.90. The number of nitriles is 1. The second kappa shape index (κ2) is 4.38. The van der Waals surface area contributed by atoms with Crippen molar-refractivity contribution in [3.8, 4) is 6.07 Å². The van der Waals surface area contributed by atoms with Gasteiger partial charge in [0.2, 0.25) is 0 Å². The first kappa shape index (κ1) is 11.9. The fourth-order valence-corrected chi connectivity index (χ4v) is 1.72. The number of rotatable bonds is 2. The number of nitrogens with zero attached hydrogens (tertiary/aromatic N) is 2. The lowest BCUT2D eigenvalue weighted by Crippen LogP contribution is -2.00. The molecule has 0 aliphatic carbocycles. The van der Waals surface area contributed by atoms with Crippen LogP contribution in [0.1, 0.15) is 40.3 Å². The van der Waals surface area contributed by atoms with Crippen LogP contribution in [-0.2, 0) is 0 Å². The Hall–Kier alpha value is -2.54. The van der Waals surface area contributed by atoms with E-state index < -0.39 is 0 Å². The molecule has 1 heterocycles. The Morgan fingerprint density at radius 3 is 2.44 bits per heavy atom. The summed E-state index contributed by atoms with van der Waals surface area (Å²) in [7, 11) is 0. The summed E-state index contributed by atoms with van der Waals surface area (Å²) in [5, 5.41) is 9.69. The monoisotopic (exact) mass is 238 g/mol. The van der Waals surface area contributed by atoms with Crippen molar-refractivity contribution in [1.82, 2.24) is 4.98 Å². The molecule has 0 unspecified atom stereocenters. The van der Waals surface area contributed by atoms with Crippen molar-refractivity contribution in [1.29, 1.82) is 5.26 Å². The molecule has 4 heteroatoms. The van der Waals surface area contributed by atoms with Gasteiger partial charge in [0.05, 0.1) is 17.1 Å². The maximum atomic E-state index is 11.3. The molecule has 0 spiro atoms. The van der Waals surface area contributed by atoms with E-state index in [1.54, 1.807) is 18.2 Å². The zero-order valence-electron chi connectivity index (χ0n) is 10.0. The van der Waals surface area contributed by atoms with E-state index >= 15 is 0 Å². The number of fused-ring (bicyclic) bond motifs is 1. The fourth-order valence-electron chi connectivity index (χ4n) is 1.72. The van der Waals surface area contributed by atoms with Crippen LogP contribution in [-0.4, -0.2) is 16.6 Å². The molecule has 1 aromatic heterocycles. The van der Waals surface area contributed by atoms with Crippen LogP contribution < -0.4 is 0 Å². The molecule has 0 fully saturated rings. The van der Waals surface area contributed by atoms with Crippen molar-refractivity contribution in [2.75, 3.05) is 0 Å². The lowest BCUT2D eigenvalue weighted by molar-refractivity contribution is 0.100. The van der Waals surface area contributed by atoms with Crippen molar-refractivity contribution in [2.24, 2.45) is 0 Å². The molecule has 0 N–H and O–H groups in total. The van der Waals surface area contributed by atoms with Gasteiger partial charge in [0.15, 0.2) is 11.6 Å². The van der Waals surface area contributed by atoms with Crippen molar-refractivity contribution >= 4 is 22.5 Å². The molecular formula is C14H10N2O2. The first-order chi connectivity index (χ1) is 8.52. The minimum absolute atomic E-state index is 0.0727. The van der Waals surface area contributed by atoms with Crippen molar-refractivity contribution in [3.05, 3.63) is 41.1 Å².